The first-order chi connectivity index (χ1) is 9.10. The average molecular weight is 277 g/mol. The number of hydrogen-bond acceptors (Lipinski definition) is 3. The number of fused-ring (bicyclic) bond motifs is 1. The fraction of sp³-hybridized carbons (Fsp3) is 0. The quantitative estimate of drug-likeness (QED) is 0.626. The highest BCUT2D eigenvalue weighted by atomic mass is 35.5. The van der Waals surface area contributed by atoms with Gasteiger partial charge in [0.15, 0.2) is 0 Å². The first-order valence-corrected chi connectivity index (χ1v) is 5.96. The van der Waals surface area contributed by atoms with Crippen LogP contribution in [0.3, 0.4) is 0 Å². The van der Waals surface area contributed by atoms with Gasteiger partial charge in [0, 0.05) is 16.4 Å². The van der Waals surface area contributed by atoms with Crippen LogP contribution in [-0.4, -0.2) is 9.97 Å². The molecule has 0 saturated carbocycles. The molecule has 0 bridgehead atoms. The summed E-state index contributed by atoms with van der Waals surface area (Å²) >= 11 is 5.79. The van der Waals surface area contributed by atoms with Gasteiger partial charge in [-0.05, 0) is 36.4 Å². The van der Waals surface area contributed by atoms with Crippen molar-refractivity contribution in [2.75, 3.05) is 11.1 Å². The topological polar surface area (TPSA) is 66.7 Å². The van der Waals surface area contributed by atoms with Gasteiger partial charge in [0.2, 0.25) is 5.95 Å². The van der Waals surface area contributed by atoms with Crippen LogP contribution in [-0.2, 0) is 0 Å². The second-order valence-corrected chi connectivity index (χ2v) is 4.58. The molecule has 96 valence electrons. The predicted octanol–water partition coefficient (Wildman–Crippen LogP) is 3.68. The maximum Gasteiger partial charge on any atom is 0.205 e. The highest BCUT2D eigenvalue weighted by molar-refractivity contribution is 6.30. The summed E-state index contributed by atoms with van der Waals surface area (Å²) in [5.41, 5.74) is 8.45. The van der Waals surface area contributed by atoms with Crippen molar-refractivity contribution in [1.29, 1.82) is 0 Å². The number of rotatable bonds is 2. The molecular weight excluding hydrogens is 267 g/mol. The van der Waals surface area contributed by atoms with Gasteiger partial charge in [-0.1, -0.05) is 11.6 Å². The third kappa shape index (κ3) is 2.46. The van der Waals surface area contributed by atoms with Gasteiger partial charge in [-0.25, -0.2) is 9.37 Å². The van der Waals surface area contributed by atoms with E-state index in [1.165, 1.54) is 12.1 Å². The van der Waals surface area contributed by atoms with Crippen molar-refractivity contribution in [2.24, 2.45) is 0 Å². The molecule has 1 heterocycles. The number of nitrogens with zero attached hydrogens (tertiary/aromatic N) is 1. The number of aromatic nitrogens is 2. The summed E-state index contributed by atoms with van der Waals surface area (Å²) in [6, 6.07) is 9.56. The lowest BCUT2D eigenvalue weighted by Crippen LogP contribution is -1.92. The molecule has 0 radical (unpaired) electrons. The Bertz CT molecular complexity index is 733. The molecule has 2 aromatic carbocycles. The lowest BCUT2D eigenvalue weighted by Gasteiger charge is -2.03. The lowest BCUT2D eigenvalue weighted by molar-refractivity contribution is 0.628. The number of nitrogen functional groups attached to an aromatic ring is 1. The maximum absolute atomic E-state index is 13.2. The van der Waals surface area contributed by atoms with Crippen molar-refractivity contribution in [3.8, 4) is 0 Å². The number of aromatic amines is 1. The molecule has 4 nitrogen and oxygen atoms in total. The molecule has 3 aromatic rings. The number of anilines is 3. The molecule has 0 aliphatic heterocycles. The smallest absolute Gasteiger partial charge is 0.205 e. The maximum atomic E-state index is 13.2. The normalized spacial score (nSPS) is 10.8. The largest absolute Gasteiger partial charge is 0.399 e. The predicted molar refractivity (Wildman–Crippen MR) is 75.2 cm³/mol. The Hall–Kier alpha value is -2.27. The average Bonchev–Trinajstić information content (AvgIpc) is 2.68. The molecular formula is C13H10ClFN4. The molecule has 0 aliphatic carbocycles. The fourth-order valence-corrected chi connectivity index (χ4v) is 2.07. The molecule has 3 rings (SSSR count). The minimum absolute atomic E-state index is 0.322. The molecule has 6 heteroatoms. The first-order valence-electron chi connectivity index (χ1n) is 5.58. The zero-order chi connectivity index (χ0) is 13.4. The van der Waals surface area contributed by atoms with Crippen LogP contribution in [0, 0.1) is 5.82 Å². The van der Waals surface area contributed by atoms with E-state index in [4.69, 9.17) is 17.3 Å². The molecule has 0 amide bonds. The third-order valence-electron chi connectivity index (χ3n) is 2.63. The number of halogens is 2. The number of benzene rings is 2. The molecule has 1 aromatic heterocycles. The van der Waals surface area contributed by atoms with Gasteiger partial charge in [0.05, 0.1) is 11.0 Å². The van der Waals surface area contributed by atoms with Crippen molar-refractivity contribution in [2.45, 2.75) is 0 Å². The number of H-pyrrole nitrogens is 1. The zero-order valence-corrected chi connectivity index (χ0v) is 10.5. The summed E-state index contributed by atoms with van der Waals surface area (Å²) in [5, 5.41) is 3.28. The number of nitrogens with two attached hydrogens (primary N) is 1. The van der Waals surface area contributed by atoms with Gasteiger partial charge in [-0.2, -0.15) is 0 Å². The van der Waals surface area contributed by atoms with Gasteiger partial charge in [-0.3, -0.25) is 0 Å². The number of imidazole rings is 1. The SMILES string of the molecule is Nc1ccc2nc(Nc3cc(F)cc(Cl)c3)[nH]c2c1. The Morgan fingerprint density at radius 1 is 1.21 bits per heavy atom. The van der Waals surface area contributed by atoms with E-state index in [2.05, 4.69) is 15.3 Å². The Morgan fingerprint density at radius 2 is 2.05 bits per heavy atom. The molecule has 0 fully saturated rings. The Morgan fingerprint density at radius 3 is 2.84 bits per heavy atom. The standard InChI is InChI=1S/C13H10ClFN4/c14-7-3-8(15)5-10(4-7)17-13-18-11-2-1-9(16)6-12(11)19-13/h1-6H,16H2,(H2,17,18,19). The minimum Gasteiger partial charge on any atom is -0.399 e. The summed E-state index contributed by atoms with van der Waals surface area (Å²) in [4.78, 5) is 7.38. The second-order valence-electron chi connectivity index (χ2n) is 4.15. The van der Waals surface area contributed by atoms with Gasteiger partial charge >= 0.3 is 0 Å². The monoisotopic (exact) mass is 276 g/mol. The van der Waals surface area contributed by atoms with Crippen molar-refractivity contribution < 1.29 is 4.39 Å². The molecule has 0 saturated heterocycles. The molecule has 0 spiro atoms. The number of hydrogen-bond donors (Lipinski definition) is 3. The molecule has 0 atom stereocenters. The van der Waals surface area contributed by atoms with Crippen molar-refractivity contribution >= 4 is 40.0 Å². The summed E-state index contributed by atoms with van der Waals surface area (Å²) in [5.74, 6) is 0.0950. The summed E-state index contributed by atoms with van der Waals surface area (Å²) in [7, 11) is 0. The van der Waals surface area contributed by atoms with E-state index < -0.39 is 5.82 Å². The van der Waals surface area contributed by atoms with Crippen LogP contribution in [0.5, 0.6) is 0 Å². The highest BCUT2D eigenvalue weighted by Gasteiger charge is 2.05. The van der Waals surface area contributed by atoms with E-state index in [0.717, 1.165) is 11.0 Å². The van der Waals surface area contributed by atoms with Crippen LogP contribution < -0.4 is 11.1 Å². The van der Waals surface area contributed by atoms with Gasteiger partial charge in [0.25, 0.3) is 0 Å². The van der Waals surface area contributed by atoms with E-state index in [0.29, 0.717) is 22.3 Å². The molecule has 0 unspecified atom stereocenters. The van der Waals surface area contributed by atoms with Crippen LogP contribution in [0.2, 0.25) is 5.02 Å². The van der Waals surface area contributed by atoms with Crippen LogP contribution >= 0.6 is 11.6 Å². The van der Waals surface area contributed by atoms with E-state index in [-0.39, 0.29) is 0 Å². The van der Waals surface area contributed by atoms with E-state index >= 15 is 0 Å². The van der Waals surface area contributed by atoms with Crippen molar-refractivity contribution in [3.63, 3.8) is 0 Å². The third-order valence-corrected chi connectivity index (χ3v) is 2.85. The number of nitrogens with one attached hydrogen (secondary N) is 2. The van der Waals surface area contributed by atoms with Gasteiger partial charge in [-0.15, -0.1) is 0 Å². The second kappa shape index (κ2) is 4.44. The fourth-order valence-electron chi connectivity index (χ4n) is 1.85. The molecule has 0 aliphatic rings. The highest BCUT2D eigenvalue weighted by Crippen LogP contribution is 2.23. The van der Waals surface area contributed by atoms with E-state index in [1.54, 1.807) is 18.2 Å². The first kappa shape index (κ1) is 11.8. The van der Waals surface area contributed by atoms with Gasteiger partial charge in [0.1, 0.15) is 5.82 Å². The Balaban J connectivity index is 1.96. The van der Waals surface area contributed by atoms with Crippen LogP contribution in [0.15, 0.2) is 36.4 Å². The van der Waals surface area contributed by atoms with Crippen molar-refractivity contribution in [3.05, 3.63) is 47.2 Å². The Kier molecular flexibility index (Phi) is 2.76. The van der Waals surface area contributed by atoms with E-state index in [1.807, 2.05) is 6.07 Å². The van der Waals surface area contributed by atoms with Gasteiger partial charge < -0.3 is 16.0 Å². The van der Waals surface area contributed by atoms with Crippen molar-refractivity contribution in [1.82, 2.24) is 9.97 Å². The van der Waals surface area contributed by atoms with Crippen LogP contribution in [0.25, 0.3) is 11.0 Å². The van der Waals surface area contributed by atoms with Crippen LogP contribution in [0.4, 0.5) is 21.7 Å². The molecule has 19 heavy (non-hydrogen) atoms. The zero-order valence-electron chi connectivity index (χ0n) is 9.74. The summed E-state index contributed by atoms with van der Waals surface area (Å²) < 4.78 is 13.2. The van der Waals surface area contributed by atoms with Crippen LogP contribution in [0.1, 0.15) is 0 Å². The Labute approximate surface area is 113 Å². The van der Waals surface area contributed by atoms with E-state index in [9.17, 15) is 4.39 Å². The lowest BCUT2D eigenvalue weighted by atomic mass is 10.3. The summed E-state index contributed by atoms with van der Waals surface area (Å²) in [6.45, 7) is 0. The minimum atomic E-state index is -0.407. The summed E-state index contributed by atoms with van der Waals surface area (Å²) in [6.07, 6.45) is 0. The molecule has 4 N–H and O–H groups in total.